The van der Waals surface area contributed by atoms with Gasteiger partial charge in [-0.05, 0) is 43.4 Å². The Hall–Kier alpha value is -4.47. The normalized spacial score (nSPS) is 16.2. The number of nitrogens with zero attached hydrogens (tertiary/aromatic N) is 7. The summed E-state index contributed by atoms with van der Waals surface area (Å²) in [6.07, 6.45) is 2.80. The van der Waals surface area contributed by atoms with Crippen LogP contribution in [0.2, 0.25) is 0 Å². The molecule has 0 bridgehead atoms. The lowest BCUT2D eigenvalue weighted by molar-refractivity contribution is -0.135. The number of likely N-dealkylation sites (tertiary alicyclic amines) is 1. The SMILES string of the molecule is COc1nc(Nc2nccc(-c3ccc(OC4CCN(C(=O)CO)CC4)c(C#N)c3)n2)ccc1N1CCN(C)CC1. The summed E-state index contributed by atoms with van der Waals surface area (Å²) >= 11 is 0. The first-order valence-corrected chi connectivity index (χ1v) is 13.7. The number of amides is 1. The highest BCUT2D eigenvalue weighted by Gasteiger charge is 2.24. The number of nitriles is 1. The van der Waals surface area contributed by atoms with Crippen molar-refractivity contribution in [3.8, 4) is 29.0 Å². The molecular formula is C29H34N8O4. The number of nitrogens with one attached hydrogen (secondary N) is 1. The van der Waals surface area contributed by atoms with Gasteiger partial charge in [0.1, 0.15) is 36.0 Å². The second-order valence-electron chi connectivity index (χ2n) is 10.1. The van der Waals surface area contributed by atoms with Crippen LogP contribution in [0.3, 0.4) is 0 Å². The van der Waals surface area contributed by atoms with E-state index in [9.17, 15) is 10.1 Å². The van der Waals surface area contributed by atoms with E-state index >= 15 is 0 Å². The first kappa shape index (κ1) is 28.1. The van der Waals surface area contributed by atoms with E-state index in [1.54, 1.807) is 36.4 Å². The molecule has 0 radical (unpaired) electrons. The molecule has 2 saturated heterocycles. The quantitative estimate of drug-likeness (QED) is 0.421. The van der Waals surface area contributed by atoms with Crippen LogP contribution in [0.4, 0.5) is 17.5 Å². The van der Waals surface area contributed by atoms with Crippen molar-refractivity contribution < 1.29 is 19.4 Å². The van der Waals surface area contributed by atoms with Crippen LogP contribution >= 0.6 is 0 Å². The second kappa shape index (κ2) is 12.8. The highest BCUT2D eigenvalue weighted by molar-refractivity contribution is 5.77. The van der Waals surface area contributed by atoms with Crippen LogP contribution in [0.1, 0.15) is 18.4 Å². The Labute approximate surface area is 239 Å². The number of rotatable bonds is 8. The molecule has 214 valence electrons. The molecule has 2 N–H and O–H groups in total. The number of carbonyl (C=O) groups excluding carboxylic acids is 1. The van der Waals surface area contributed by atoms with Gasteiger partial charge >= 0.3 is 0 Å². The summed E-state index contributed by atoms with van der Waals surface area (Å²) in [6, 6.07) is 13.3. The molecule has 41 heavy (non-hydrogen) atoms. The smallest absolute Gasteiger partial charge is 0.248 e. The first-order chi connectivity index (χ1) is 20.0. The number of methoxy groups -OCH3 is 1. The molecule has 2 fully saturated rings. The molecule has 0 spiro atoms. The van der Waals surface area contributed by atoms with Crippen LogP contribution in [0, 0.1) is 11.3 Å². The third-order valence-electron chi connectivity index (χ3n) is 7.39. The van der Waals surface area contributed by atoms with Crippen molar-refractivity contribution in [2.75, 3.05) is 70.2 Å². The van der Waals surface area contributed by atoms with Gasteiger partial charge < -0.3 is 34.6 Å². The van der Waals surface area contributed by atoms with Gasteiger partial charge in [-0.15, -0.1) is 0 Å². The van der Waals surface area contributed by atoms with Gasteiger partial charge in [0.25, 0.3) is 0 Å². The van der Waals surface area contributed by atoms with Crippen LogP contribution in [0.15, 0.2) is 42.6 Å². The van der Waals surface area contributed by atoms with E-state index in [1.165, 1.54) is 0 Å². The number of pyridine rings is 1. The minimum absolute atomic E-state index is 0.113. The molecule has 0 aliphatic carbocycles. The van der Waals surface area contributed by atoms with Gasteiger partial charge in [-0.2, -0.15) is 10.2 Å². The van der Waals surface area contributed by atoms with Crippen LogP contribution in [-0.4, -0.2) is 102 Å². The average Bonchev–Trinajstić information content (AvgIpc) is 3.01. The molecule has 2 aliphatic heterocycles. The summed E-state index contributed by atoms with van der Waals surface area (Å²) in [4.78, 5) is 31.5. The molecule has 3 aromatic rings. The number of hydrogen-bond donors (Lipinski definition) is 2. The summed E-state index contributed by atoms with van der Waals surface area (Å²) in [5, 5.41) is 22.0. The van der Waals surface area contributed by atoms with Gasteiger partial charge in [0.05, 0.1) is 18.4 Å². The summed E-state index contributed by atoms with van der Waals surface area (Å²) in [5.41, 5.74) is 2.74. The minimum atomic E-state index is -0.486. The molecule has 0 atom stereocenters. The Kier molecular flexibility index (Phi) is 8.76. The second-order valence-corrected chi connectivity index (χ2v) is 10.1. The average molecular weight is 559 g/mol. The van der Waals surface area contributed by atoms with Gasteiger partial charge in [0.2, 0.25) is 17.7 Å². The van der Waals surface area contributed by atoms with E-state index in [2.05, 4.69) is 43.2 Å². The van der Waals surface area contributed by atoms with Crippen molar-refractivity contribution >= 4 is 23.4 Å². The van der Waals surface area contributed by atoms with E-state index in [0.717, 1.165) is 37.4 Å². The molecule has 5 rings (SSSR count). The number of likely N-dealkylation sites (N-methyl/N-ethyl adjacent to an activating group) is 1. The van der Waals surface area contributed by atoms with Gasteiger partial charge in [-0.25, -0.2) is 9.97 Å². The lowest BCUT2D eigenvalue weighted by atomic mass is 10.1. The zero-order chi connectivity index (χ0) is 28.8. The van der Waals surface area contributed by atoms with Gasteiger partial charge in [-0.3, -0.25) is 4.79 Å². The van der Waals surface area contributed by atoms with Crippen LogP contribution in [0.5, 0.6) is 11.6 Å². The number of aromatic nitrogens is 3. The number of benzene rings is 1. The highest BCUT2D eigenvalue weighted by Crippen LogP contribution is 2.31. The van der Waals surface area contributed by atoms with Crippen molar-refractivity contribution in [1.82, 2.24) is 24.8 Å². The van der Waals surface area contributed by atoms with Crippen molar-refractivity contribution in [3.05, 3.63) is 48.2 Å². The van der Waals surface area contributed by atoms with E-state index < -0.39 is 6.61 Å². The number of aliphatic hydroxyl groups excluding tert-OH is 1. The first-order valence-electron chi connectivity index (χ1n) is 13.7. The van der Waals surface area contributed by atoms with Gasteiger partial charge in [0.15, 0.2) is 0 Å². The standard InChI is InChI=1S/C29H34N8O4/c1-35-13-15-36(16-14-35)24-4-6-26(33-28(24)40-2)34-29-31-10-7-23(32-29)20-3-5-25(21(17-20)18-30)41-22-8-11-37(12-9-22)27(39)19-38/h3-7,10,17,22,38H,8-9,11-16,19H2,1-2H3,(H,31,32,33,34). The number of hydrogen-bond acceptors (Lipinski definition) is 11. The van der Waals surface area contributed by atoms with Crippen molar-refractivity contribution in [2.24, 2.45) is 0 Å². The zero-order valence-corrected chi connectivity index (χ0v) is 23.3. The topological polar surface area (TPSA) is 140 Å². The maximum atomic E-state index is 11.7. The van der Waals surface area contributed by atoms with Crippen LogP contribution in [-0.2, 0) is 4.79 Å². The number of piperazine rings is 1. The highest BCUT2D eigenvalue weighted by atomic mass is 16.5. The van der Waals surface area contributed by atoms with Gasteiger partial charge in [-0.1, -0.05) is 0 Å². The summed E-state index contributed by atoms with van der Waals surface area (Å²) in [7, 11) is 3.73. The number of aliphatic hydroxyl groups is 1. The van der Waals surface area contributed by atoms with E-state index in [-0.39, 0.29) is 12.0 Å². The molecule has 1 aromatic carbocycles. The fourth-order valence-corrected chi connectivity index (χ4v) is 5.02. The van der Waals surface area contributed by atoms with Crippen molar-refractivity contribution in [2.45, 2.75) is 18.9 Å². The number of carbonyl (C=O) groups is 1. The molecule has 2 aromatic heterocycles. The lowest BCUT2D eigenvalue weighted by Gasteiger charge is -2.34. The Bertz CT molecular complexity index is 1410. The molecule has 2 aliphatic rings. The third kappa shape index (κ3) is 6.65. The fraction of sp³-hybridized carbons (Fsp3) is 0.414. The molecule has 1 amide bonds. The van der Waals surface area contributed by atoms with Crippen molar-refractivity contribution in [3.63, 3.8) is 0 Å². The molecular weight excluding hydrogens is 524 g/mol. The van der Waals surface area contributed by atoms with E-state index in [1.807, 2.05) is 18.2 Å². The Morgan fingerprint density at radius 3 is 2.59 bits per heavy atom. The predicted octanol–water partition coefficient (Wildman–Crippen LogP) is 2.28. The van der Waals surface area contributed by atoms with E-state index in [4.69, 9.17) is 14.6 Å². The number of ether oxygens (including phenoxy) is 2. The molecule has 0 unspecified atom stereocenters. The maximum absolute atomic E-state index is 11.7. The summed E-state index contributed by atoms with van der Waals surface area (Å²) < 4.78 is 11.7. The molecule has 0 saturated carbocycles. The molecule has 12 heteroatoms. The summed E-state index contributed by atoms with van der Waals surface area (Å²) in [5.74, 6) is 1.68. The van der Waals surface area contributed by atoms with Crippen molar-refractivity contribution in [1.29, 1.82) is 5.26 Å². The zero-order valence-electron chi connectivity index (χ0n) is 23.3. The minimum Gasteiger partial charge on any atom is -0.489 e. The lowest BCUT2D eigenvalue weighted by Crippen LogP contribution is -2.44. The Morgan fingerprint density at radius 2 is 1.88 bits per heavy atom. The fourth-order valence-electron chi connectivity index (χ4n) is 5.02. The van der Waals surface area contributed by atoms with E-state index in [0.29, 0.717) is 60.6 Å². The third-order valence-corrected chi connectivity index (χ3v) is 7.39. The Morgan fingerprint density at radius 1 is 1.10 bits per heavy atom. The van der Waals surface area contributed by atoms with Crippen LogP contribution < -0.4 is 19.7 Å². The maximum Gasteiger partial charge on any atom is 0.248 e. The van der Waals surface area contributed by atoms with Crippen LogP contribution in [0.25, 0.3) is 11.3 Å². The van der Waals surface area contributed by atoms with Gasteiger partial charge in [0, 0.05) is 63.9 Å². The Balaban J connectivity index is 1.27. The predicted molar refractivity (Wildman–Crippen MR) is 153 cm³/mol. The molecule has 4 heterocycles. The molecule has 12 nitrogen and oxygen atoms in total. The summed E-state index contributed by atoms with van der Waals surface area (Å²) in [6.45, 7) is 4.33. The number of piperidine rings is 1. The monoisotopic (exact) mass is 558 g/mol. The number of anilines is 3. The largest absolute Gasteiger partial charge is 0.489 e.